The van der Waals surface area contributed by atoms with Crippen LogP contribution in [0.3, 0.4) is 0 Å². The molecular weight excluding hydrogens is 319 g/mol. The van der Waals surface area contributed by atoms with Crippen LogP contribution in [0.4, 0.5) is 13.2 Å². The quantitative estimate of drug-likeness (QED) is 0.635. The Balaban J connectivity index is 2.56. The van der Waals surface area contributed by atoms with Crippen LogP contribution in [-0.4, -0.2) is 40.5 Å². The molecule has 0 bridgehead atoms. The van der Waals surface area contributed by atoms with Crippen molar-refractivity contribution in [2.24, 2.45) is 0 Å². The number of hydrogen-bond acceptors (Lipinski definition) is 3. The second-order valence-electron chi connectivity index (χ2n) is 4.91. The molecule has 4 nitrogen and oxygen atoms in total. The van der Waals surface area contributed by atoms with Gasteiger partial charge in [-0.05, 0) is 18.2 Å². The highest BCUT2D eigenvalue weighted by atomic mass is 35.5. The maximum absolute atomic E-state index is 12.8. The molecule has 0 saturated carbocycles. The molecule has 0 spiro atoms. The van der Waals surface area contributed by atoms with Crippen molar-refractivity contribution in [2.45, 2.75) is 12.7 Å². The van der Waals surface area contributed by atoms with E-state index >= 15 is 0 Å². The first kappa shape index (κ1) is 16.4. The minimum atomic E-state index is -4.46. The van der Waals surface area contributed by atoms with E-state index in [0.717, 1.165) is 4.57 Å². The summed E-state index contributed by atoms with van der Waals surface area (Å²) in [6.07, 6.45) is -1.84. The Kier molecular flexibility index (Phi) is 4.46. The van der Waals surface area contributed by atoms with Gasteiger partial charge in [-0.25, -0.2) is 4.98 Å². The fourth-order valence-electron chi connectivity index (χ4n) is 1.92. The first-order valence-corrected chi connectivity index (χ1v) is 6.66. The van der Waals surface area contributed by atoms with E-state index in [4.69, 9.17) is 11.6 Å². The zero-order chi connectivity index (χ0) is 16.5. The van der Waals surface area contributed by atoms with Gasteiger partial charge < -0.3 is 9.47 Å². The van der Waals surface area contributed by atoms with Gasteiger partial charge in [0.05, 0.1) is 11.0 Å². The van der Waals surface area contributed by atoms with Gasteiger partial charge in [-0.15, -0.1) is 0 Å². The van der Waals surface area contributed by atoms with Gasteiger partial charge in [-0.3, -0.25) is 4.79 Å². The SMILES string of the molecule is CN(C)/C=C/C(=O)c1nc2cc(Cl)ccc2n1CC(F)(F)F. The number of hydrogen-bond donors (Lipinski definition) is 0. The van der Waals surface area contributed by atoms with Crippen LogP contribution in [0.25, 0.3) is 11.0 Å². The Morgan fingerprint density at radius 2 is 2.09 bits per heavy atom. The molecule has 118 valence electrons. The van der Waals surface area contributed by atoms with E-state index in [9.17, 15) is 18.0 Å². The van der Waals surface area contributed by atoms with Crippen LogP contribution < -0.4 is 0 Å². The lowest BCUT2D eigenvalue weighted by molar-refractivity contribution is -0.140. The molecule has 0 N–H and O–H groups in total. The molecule has 1 aromatic carbocycles. The van der Waals surface area contributed by atoms with E-state index in [1.165, 1.54) is 30.5 Å². The number of alkyl halides is 3. The third-order valence-electron chi connectivity index (χ3n) is 2.79. The molecule has 2 rings (SSSR count). The lowest BCUT2D eigenvalue weighted by Gasteiger charge is -2.11. The van der Waals surface area contributed by atoms with Gasteiger partial charge in [-0.2, -0.15) is 13.2 Å². The van der Waals surface area contributed by atoms with Gasteiger partial charge in [0.15, 0.2) is 5.82 Å². The second-order valence-corrected chi connectivity index (χ2v) is 5.35. The number of rotatable bonds is 4. The predicted molar refractivity (Wildman–Crippen MR) is 78.0 cm³/mol. The molecule has 0 saturated heterocycles. The van der Waals surface area contributed by atoms with Gasteiger partial charge in [0.2, 0.25) is 5.78 Å². The van der Waals surface area contributed by atoms with E-state index < -0.39 is 18.5 Å². The molecule has 0 atom stereocenters. The summed E-state index contributed by atoms with van der Waals surface area (Å²) < 4.78 is 39.2. The monoisotopic (exact) mass is 331 g/mol. The first-order valence-electron chi connectivity index (χ1n) is 6.29. The maximum atomic E-state index is 12.8. The highest BCUT2D eigenvalue weighted by Crippen LogP contribution is 2.25. The zero-order valence-electron chi connectivity index (χ0n) is 11.9. The minimum Gasteiger partial charge on any atom is -0.383 e. The number of carbonyl (C=O) groups is 1. The second kappa shape index (κ2) is 6.00. The summed E-state index contributed by atoms with van der Waals surface area (Å²) in [7, 11) is 3.39. The van der Waals surface area contributed by atoms with Gasteiger partial charge in [0.25, 0.3) is 0 Å². The van der Waals surface area contributed by atoms with Crippen molar-refractivity contribution in [2.75, 3.05) is 14.1 Å². The number of fused-ring (bicyclic) bond motifs is 1. The Labute approximate surface area is 129 Å². The summed E-state index contributed by atoms with van der Waals surface area (Å²) >= 11 is 5.82. The van der Waals surface area contributed by atoms with Crippen LogP contribution in [0.1, 0.15) is 10.6 Å². The van der Waals surface area contributed by atoms with Gasteiger partial charge in [0, 0.05) is 31.4 Å². The van der Waals surface area contributed by atoms with E-state index in [-0.39, 0.29) is 16.9 Å². The fourth-order valence-corrected chi connectivity index (χ4v) is 2.09. The van der Waals surface area contributed by atoms with Crippen LogP contribution in [-0.2, 0) is 6.54 Å². The highest BCUT2D eigenvalue weighted by Gasteiger charge is 2.31. The van der Waals surface area contributed by atoms with Crippen molar-refractivity contribution in [3.8, 4) is 0 Å². The van der Waals surface area contributed by atoms with Crippen LogP contribution in [0.15, 0.2) is 30.5 Å². The molecular formula is C14H13ClF3N3O. The lowest BCUT2D eigenvalue weighted by atomic mass is 10.3. The number of benzene rings is 1. The average Bonchev–Trinajstić information content (AvgIpc) is 2.72. The fraction of sp³-hybridized carbons (Fsp3) is 0.286. The normalized spacial score (nSPS) is 12.3. The van der Waals surface area contributed by atoms with Gasteiger partial charge >= 0.3 is 6.18 Å². The largest absolute Gasteiger partial charge is 0.406 e. The third kappa shape index (κ3) is 3.79. The molecule has 22 heavy (non-hydrogen) atoms. The summed E-state index contributed by atoms with van der Waals surface area (Å²) in [5.74, 6) is -0.877. The zero-order valence-corrected chi connectivity index (χ0v) is 12.6. The van der Waals surface area contributed by atoms with Crippen LogP contribution >= 0.6 is 11.6 Å². The molecule has 0 aliphatic carbocycles. The van der Waals surface area contributed by atoms with Crippen LogP contribution in [0.5, 0.6) is 0 Å². The molecule has 1 aromatic heterocycles. The van der Waals surface area contributed by atoms with Crippen molar-refractivity contribution >= 4 is 28.4 Å². The van der Waals surface area contributed by atoms with E-state index in [1.54, 1.807) is 19.0 Å². The summed E-state index contributed by atoms with van der Waals surface area (Å²) in [5, 5.41) is 0.340. The molecule has 0 radical (unpaired) electrons. The van der Waals surface area contributed by atoms with Crippen molar-refractivity contribution in [3.63, 3.8) is 0 Å². The number of halogens is 4. The van der Waals surface area contributed by atoms with Crippen molar-refractivity contribution in [1.29, 1.82) is 0 Å². The van der Waals surface area contributed by atoms with Crippen LogP contribution in [0.2, 0.25) is 5.02 Å². The Morgan fingerprint density at radius 3 is 2.68 bits per heavy atom. The molecule has 0 aliphatic heterocycles. The molecule has 0 amide bonds. The van der Waals surface area contributed by atoms with Crippen molar-refractivity contribution in [3.05, 3.63) is 41.3 Å². The molecule has 2 aromatic rings. The molecule has 8 heteroatoms. The summed E-state index contributed by atoms with van der Waals surface area (Å²) in [4.78, 5) is 17.7. The minimum absolute atomic E-state index is 0.211. The average molecular weight is 332 g/mol. The topological polar surface area (TPSA) is 38.1 Å². The lowest BCUT2D eigenvalue weighted by Crippen LogP contribution is -2.21. The Morgan fingerprint density at radius 1 is 1.41 bits per heavy atom. The number of nitrogens with zero attached hydrogens (tertiary/aromatic N) is 3. The highest BCUT2D eigenvalue weighted by molar-refractivity contribution is 6.31. The van der Waals surface area contributed by atoms with Crippen LogP contribution in [0, 0.1) is 0 Å². The smallest absolute Gasteiger partial charge is 0.383 e. The first-order chi connectivity index (χ1) is 10.2. The summed E-state index contributed by atoms with van der Waals surface area (Å²) in [6.45, 7) is -1.29. The van der Waals surface area contributed by atoms with E-state index in [2.05, 4.69) is 4.98 Å². The molecule has 0 fully saturated rings. The van der Waals surface area contributed by atoms with Gasteiger partial charge in [-0.1, -0.05) is 11.6 Å². The molecule has 1 heterocycles. The number of carbonyl (C=O) groups excluding carboxylic acids is 1. The Bertz CT molecular complexity index is 735. The van der Waals surface area contributed by atoms with Gasteiger partial charge in [0.1, 0.15) is 6.54 Å². The van der Waals surface area contributed by atoms with E-state index in [0.29, 0.717) is 5.02 Å². The Hall–Kier alpha value is -2.02. The van der Waals surface area contributed by atoms with Crippen molar-refractivity contribution in [1.82, 2.24) is 14.5 Å². The maximum Gasteiger partial charge on any atom is 0.406 e. The number of imidazole rings is 1. The molecule has 0 unspecified atom stereocenters. The third-order valence-corrected chi connectivity index (χ3v) is 3.03. The number of aromatic nitrogens is 2. The summed E-state index contributed by atoms with van der Waals surface area (Å²) in [5.41, 5.74) is 0.460. The number of ketones is 1. The van der Waals surface area contributed by atoms with Crippen molar-refractivity contribution < 1.29 is 18.0 Å². The summed E-state index contributed by atoms with van der Waals surface area (Å²) in [6, 6.07) is 4.31. The predicted octanol–water partition coefficient (Wildman–Crippen LogP) is 3.51. The molecule has 0 aliphatic rings. The number of allylic oxidation sites excluding steroid dienone is 1. The van der Waals surface area contributed by atoms with E-state index in [1.807, 2.05) is 0 Å². The standard InChI is InChI=1S/C14H13ClF3N3O/c1-20(2)6-5-12(22)13-19-10-7-9(15)3-4-11(10)21(13)8-14(16,17)18/h3-7H,8H2,1-2H3/b6-5+.